The van der Waals surface area contributed by atoms with Crippen LogP contribution in [0.1, 0.15) is 12.0 Å². The second-order valence-electron chi connectivity index (χ2n) is 4.06. The minimum atomic E-state index is -4.55. The zero-order valence-corrected chi connectivity index (χ0v) is 13.0. The fraction of sp³-hybridized carbons (Fsp3) is 0.417. The van der Waals surface area contributed by atoms with Crippen LogP contribution in [0.2, 0.25) is 0 Å². The SMILES string of the molecule is CSCC[C@H](N)C(=O)Nc1ccc(Br)cc1C(F)(F)F. The van der Waals surface area contributed by atoms with Gasteiger partial charge in [0.25, 0.3) is 0 Å². The number of carbonyl (C=O) groups excluding carboxylic acids is 1. The van der Waals surface area contributed by atoms with Crippen LogP contribution in [0.15, 0.2) is 22.7 Å². The zero-order chi connectivity index (χ0) is 15.3. The molecule has 0 spiro atoms. The van der Waals surface area contributed by atoms with E-state index in [2.05, 4.69) is 21.2 Å². The molecule has 8 heteroatoms. The molecule has 112 valence electrons. The van der Waals surface area contributed by atoms with Gasteiger partial charge in [0.15, 0.2) is 0 Å². The molecule has 0 aliphatic carbocycles. The summed E-state index contributed by atoms with van der Waals surface area (Å²) in [7, 11) is 0. The van der Waals surface area contributed by atoms with E-state index in [0.29, 0.717) is 12.2 Å². The summed E-state index contributed by atoms with van der Waals surface area (Å²) in [5.74, 6) is 0.0491. The van der Waals surface area contributed by atoms with Crippen LogP contribution < -0.4 is 11.1 Å². The van der Waals surface area contributed by atoms with Gasteiger partial charge in [-0.15, -0.1) is 0 Å². The maximum Gasteiger partial charge on any atom is 0.418 e. The average molecular weight is 371 g/mol. The van der Waals surface area contributed by atoms with E-state index in [9.17, 15) is 18.0 Å². The molecule has 0 aromatic heterocycles. The number of rotatable bonds is 5. The highest BCUT2D eigenvalue weighted by Gasteiger charge is 2.34. The van der Waals surface area contributed by atoms with Crippen molar-refractivity contribution in [1.29, 1.82) is 0 Å². The van der Waals surface area contributed by atoms with Gasteiger partial charge in [-0.1, -0.05) is 15.9 Å². The van der Waals surface area contributed by atoms with Crippen molar-refractivity contribution in [2.75, 3.05) is 17.3 Å². The van der Waals surface area contributed by atoms with Crippen LogP contribution in [-0.2, 0) is 11.0 Å². The summed E-state index contributed by atoms with van der Waals surface area (Å²) in [5, 5.41) is 2.24. The number of amides is 1. The fourth-order valence-electron chi connectivity index (χ4n) is 1.46. The number of nitrogens with one attached hydrogen (secondary N) is 1. The van der Waals surface area contributed by atoms with Crippen LogP contribution >= 0.6 is 27.7 Å². The van der Waals surface area contributed by atoms with E-state index in [0.717, 1.165) is 6.07 Å². The Bertz CT molecular complexity index is 482. The number of carbonyl (C=O) groups is 1. The van der Waals surface area contributed by atoms with Crippen molar-refractivity contribution >= 4 is 39.3 Å². The zero-order valence-electron chi connectivity index (χ0n) is 10.6. The van der Waals surface area contributed by atoms with E-state index in [1.165, 1.54) is 23.9 Å². The number of anilines is 1. The largest absolute Gasteiger partial charge is 0.418 e. The number of nitrogens with two attached hydrogens (primary N) is 1. The molecule has 1 aromatic carbocycles. The third-order valence-corrected chi connectivity index (χ3v) is 3.65. The summed E-state index contributed by atoms with van der Waals surface area (Å²) in [5.41, 5.74) is 4.43. The van der Waals surface area contributed by atoms with Gasteiger partial charge in [0.2, 0.25) is 5.91 Å². The van der Waals surface area contributed by atoms with E-state index in [1.807, 2.05) is 6.26 Å². The van der Waals surface area contributed by atoms with Crippen molar-refractivity contribution in [3.8, 4) is 0 Å². The van der Waals surface area contributed by atoms with E-state index in [1.54, 1.807) is 0 Å². The monoisotopic (exact) mass is 370 g/mol. The first kappa shape index (κ1) is 17.3. The molecular weight excluding hydrogens is 357 g/mol. The third kappa shape index (κ3) is 4.99. The van der Waals surface area contributed by atoms with Gasteiger partial charge in [0.05, 0.1) is 17.3 Å². The van der Waals surface area contributed by atoms with Crippen molar-refractivity contribution in [2.45, 2.75) is 18.6 Å². The molecule has 20 heavy (non-hydrogen) atoms. The van der Waals surface area contributed by atoms with Gasteiger partial charge in [-0.25, -0.2) is 0 Å². The van der Waals surface area contributed by atoms with Crippen LogP contribution in [0.25, 0.3) is 0 Å². The van der Waals surface area contributed by atoms with Gasteiger partial charge < -0.3 is 11.1 Å². The predicted molar refractivity (Wildman–Crippen MR) is 78.7 cm³/mol. The molecule has 3 N–H and O–H groups in total. The summed E-state index contributed by atoms with van der Waals surface area (Å²) in [4.78, 5) is 11.8. The normalized spacial score (nSPS) is 13.1. The van der Waals surface area contributed by atoms with Crippen LogP contribution in [0, 0.1) is 0 Å². The fourth-order valence-corrected chi connectivity index (χ4v) is 2.31. The first-order valence-electron chi connectivity index (χ1n) is 5.68. The van der Waals surface area contributed by atoms with E-state index < -0.39 is 23.7 Å². The second-order valence-corrected chi connectivity index (χ2v) is 5.97. The van der Waals surface area contributed by atoms with Crippen LogP contribution in [0.4, 0.5) is 18.9 Å². The Labute approximate surface area is 127 Å². The molecule has 0 aliphatic heterocycles. The van der Waals surface area contributed by atoms with Gasteiger partial charge in [0, 0.05) is 4.47 Å². The predicted octanol–water partition coefficient (Wildman–Crippen LogP) is 3.49. The Kier molecular flexibility index (Phi) is 6.35. The summed E-state index contributed by atoms with van der Waals surface area (Å²) in [6.07, 6.45) is -2.28. The van der Waals surface area contributed by atoms with Gasteiger partial charge in [0.1, 0.15) is 0 Å². The number of thioether (sulfide) groups is 1. The molecule has 0 bridgehead atoms. The van der Waals surface area contributed by atoms with Crippen molar-refractivity contribution in [3.63, 3.8) is 0 Å². The van der Waals surface area contributed by atoms with E-state index in [-0.39, 0.29) is 10.2 Å². The topological polar surface area (TPSA) is 55.1 Å². The quantitative estimate of drug-likeness (QED) is 0.833. The molecule has 1 atom stereocenters. The number of halogens is 4. The Balaban J connectivity index is 2.90. The molecule has 1 rings (SSSR count). The maximum absolute atomic E-state index is 12.9. The summed E-state index contributed by atoms with van der Waals surface area (Å²) < 4.78 is 38.9. The summed E-state index contributed by atoms with van der Waals surface area (Å²) in [6, 6.07) is 2.72. The van der Waals surface area contributed by atoms with Gasteiger partial charge in [-0.3, -0.25) is 4.79 Å². The number of hydrogen-bond donors (Lipinski definition) is 2. The lowest BCUT2D eigenvalue weighted by Gasteiger charge is -2.16. The molecular formula is C12H14BrF3N2OS. The van der Waals surface area contributed by atoms with Gasteiger partial charge in [-0.2, -0.15) is 24.9 Å². The van der Waals surface area contributed by atoms with Crippen LogP contribution in [0.5, 0.6) is 0 Å². The van der Waals surface area contributed by atoms with E-state index >= 15 is 0 Å². The Hall–Kier alpha value is -0.730. The molecule has 0 saturated heterocycles. The summed E-state index contributed by atoms with van der Waals surface area (Å²) in [6.45, 7) is 0. The third-order valence-electron chi connectivity index (χ3n) is 2.51. The number of benzene rings is 1. The van der Waals surface area contributed by atoms with Crippen LogP contribution in [0.3, 0.4) is 0 Å². The lowest BCUT2D eigenvalue weighted by Crippen LogP contribution is -2.36. The van der Waals surface area contributed by atoms with Crippen molar-refractivity contribution in [2.24, 2.45) is 5.73 Å². The van der Waals surface area contributed by atoms with Gasteiger partial charge in [-0.05, 0) is 36.6 Å². The molecule has 3 nitrogen and oxygen atoms in total. The Morgan fingerprint density at radius 3 is 2.70 bits per heavy atom. The Morgan fingerprint density at radius 2 is 2.15 bits per heavy atom. The molecule has 0 fully saturated rings. The van der Waals surface area contributed by atoms with Crippen molar-refractivity contribution in [3.05, 3.63) is 28.2 Å². The van der Waals surface area contributed by atoms with E-state index in [4.69, 9.17) is 5.73 Å². The molecule has 1 amide bonds. The first-order chi connectivity index (χ1) is 9.25. The smallest absolute Gasteiger partial charge is 0.324 e. The maximum atomic E-state index is 12.9. The van der Waals surface area contributed by atoms with Crippen molar-refractivity contribution in [1.82, 2.24) is 0 Å². The lowest BCUT2D eigenvalue weighted by molar-refractivity contribution is -0.137. The second kappa shape index (κ2) is 7.33. The van der Waals surface area contributed by atoms with Gasteiger partial charge >= 0.3 is 6.18 Å². The Morgan fingerprint density at radius 1 is 1.50 bits per heavy atom. The molecule has 1 aromatic rings. The molecule has 0 aliphatic rings. The molecule has 0 radical (unpaired) electrons. The molecule has 0 saturated carbocycles. The first-order valence-corrected chi connectivity index (χ1v) is 7.86. The molecule has 0 heterocycles. The summed E-state index contributed by atoms with van der Waals surface area (Å²) >= 11 is 4.49. The number of hydrogen-bond acceptors (Lipinski definition) is 3. The highest BCUT2D eigenvalue weighted by molar-refractivity contribution is 9.10. The van der Waals surface area contributed by atoms with Crippen molar-refractivity contribution < 1.29 is 18.0 Å². The minimum absolute atomic E-state index is 0.287. The lowest BCUT2D eigenvalue weighted by atomic mass is 10.1. The molecule has 0 unspecified atom stereocenters. The minimum Gasteiger partial charge on any atom is -0.324 e. The van der Waals surface area contributed by atoms with Crippen LogP contribution in [-0.4, -0.2) is 24.0 Å². The highest BCUT2D eigenvalue weighted by Crippen LogP contribution is 2.36. The standard InChI is InChI=1S/C12H14BrF3N2OS/c1-20-5-4-9(17)11(19)18-10-3-2-7(13)6-8(10)12(14,15)16/h2-3,6,9H,4-5,17H2,1H3,(H,18,19)/t9-/m0/s1. The number of alkyl halides is 3. The average Bonchev–Trinajstić information content (AvgIpc) is 2.36. The highest BCUT2D eigenvalue weighted by atomic mass is 79.9.